The molecule has 7 aromatic rings. The second kappa shape index (κ2) is 8.67. The highest BCUT2D eigenvalue weighted by Crippen LogP contribution is 2.45. The van der Waals surface area contributed by atoms with Crippen LogP contribution in [0.3, 0.4) is 0 Å². The Morgan fingerprint density at radius 2 is 1.14 bits per heavy atom. The lowest BCUT2D eigenvalue weighted by atomic mass is 9.97. The van der Waals surface area contributed by atoms with Gasteiger partial charge in [0.1, 0.15) is 0 Å². The third-order valence-corrected chi connectivity index (χ3v) is 7.98. The maximum absolute atomic E-state index is 2.40. The van der Waals surface area contributed by atoms with Crippen molar-refractivity contribution in [1.82, 2.24) is 0 Å². The average Bonchev–Trinajstić information content (AvgIpc) is 3.33. The quantitative estimate of drug-likeness (QED) is 0.244. The summed E-state index contributed by atoms with van der Waals surface area (Å²) in [6.07, 6.45) is 0. The molecule has 1 nitrogen and oxygen atoms in total. The van der Waals surface area contributed by atoms with Crippen molar-refractivity contribution >= 4 is 59.3 Å². The topological polar surface area (TPSA) is 3.24 Å². The summed E-state index contributed by atoms with van der Waals surface area (Å²) in [6.45, 7) is 0. The van der Waals surface area contributed by atoms with E-state index in [0.29, 0.717) is 0 Å². The van der Waals surface area contributed by atoms with Crippen molar-refractivity contribution < 1.29 is 0 Å². The highest BCUT2D eigenvalue weighted by Gasteiger charge is 2.18. The summed E-state index contributed by atoms with van der Waals surface area (Å²) in [4.78, 5) is 2.40. The van der Waals surface area contributed by atoms with Gasteiger partial charge in [-0.15, -0.1) is 11.3 Å². The van der Waals surface area contributed by atoms with Crippen molar-refractivity contribution in [1.29, 1.82) is 0 Å². The molecule has 2 heteroatoms. The van der Waals surface area contributed by atoms with Crippen LogP contribution in [-0.2, 0) is 0 Å². The first-order valence-corrected chi connectivity index (χ1v) is 13.0. The van der Waals surface area contributed by atoms with Gasteiger partial charge in [-0.2, -0.15) is 0 Å². The lowest BCUT2D eigenvalue weighted by Gasteiger charge is -2.27. The molecule has 0 N–H and O–H groups in total. The maximum Gasteiger partial charge on any atom is 0.0554 e. The van der Waals surface area contributed by atoms with Gasteiger partial charge in [0, 0.05) is 31.5 Å². The molecule has 1 heterocycles. The summed E-state index contributed by atoms with van der Waals surface area (Å²) in [5, 5.41) is 5.14. The number of nitrogens with zero attached hydrogens (tertiary/aromatic N) is 1. The Balaban J connectivity index is 1.48. The Morgan fingerprint density at radius 1 is 0.472 bits per heavy atom. The molecular formula is C34H23NS. The molecule has 0 spiro atoms. The van der Waals surface area contributed by atoms with Crippen molar-refractivity contribution in [2.45, 2.75) is 0 Å². The van der Waals surface area contributed by atoms with Crippen LogP contribution in [0.2, 0.25) is 0 Å². The van der Waals surface area contributed by atoms with Gasteiger partial charge in [-0.25, -0.2) is 0 Å². The Bertz CT molecular complexity index is 1840. The third-order valence-electron chi connectivity index (χ3n) is 6.84. The van der Waals surface area contributed by atoms with E-state index in [1.54, 1.807) is 0 Å². The van der Waals surface area contributed by atoms with Gasteiger partial charge < -0.3 is 4.90 Å². The van der Waals surface area contributed by atoms with E-state index in [1.165, 1.54) is 47.8 Å². The Kier molecular flexibility index (Phi) is 5.04. The monoisotopic (exact) mass is 477 g/mol. The Hall–Kier alpha value is -4.40. The van der Waals surface area contributed by atoms with Crippen LogP contribution in [0.1, 0.15) is 0 Å². The molecule has 0 amide bonds. The number of hydrogen-bond acceptors (Lipinski definition) is 2. The molecule has 0 bridgehead atoms. The number of thiophene rings is 1. The fraction of sp³-hybridized carbons (Fsp3) is 0. The molecule has 0 radical (unpaired) electrons. The molecule has 0 fully saturated rings. The van der Waals surface area contributed by atoms with Crippen LogP contribution >= 0.6 is 11.3 Å². The van der Waals surface area contributed by atoms with Crippen LogP contribution in [0.15, 0.2) is 140 Å². The summed E-state index contributed by atoms with van der Waals surface area (Å²) in [5.74, 6) is 0. The van der Waals surface area contributed by atoms with E-state index in [1.807, 2.05) is 11.3 Å². The summed E-state index contributed by atoms with van der Waals surface area (Å²) in [5.41, 5.74) is 5.96. The molecule has 0 aliphatic rings. The Labute approximate surface area is 214 Å². The van der Waals surface area contributed by atoms with E-state index in [4.69, 9.17) is 0 Å². The molecule has 7 rings (SSSR count). The highest BCUT2D eigenvalue weighted by molar-refractivity contribution is 7.26. The molecule has 170 valence electrons. The van der Waals surface area contributed by atoms with E-state index in [0.717, 1.165) is 11.4 Å². The second-order valence-corrected chi connectivity index (χ2v) is 10.1. The van der Waals surface area contributed by atoms with E-state index in [9.17, 15) is 0 Å². The van der Waals surface area contributed by atoms with Gasteiger partial charge in [0.25, 0.3) is 0 Å². The molecule has 0 aliphatic heterocycles. The van der Waals surface area contributed by atoms with Gasteiger partial charge in [0.2, 0.25) is 0 Å². The molecule has 1 aromatic heterocycles. The van der Waals surface area contributed by atoms with Crippen molar-refractivity contribution in [3.63, 3.8) is 0 Å². The molecule has 0 saturated heterocycles. The predicted octanol–water partition coefficient (Wildman–Crippen LogP) is 10.3. The predicted molar refractivity (Wildman–Crippen MR) is 157 cm³/mol. The first kappa shape index (κ1) is 20.9. The molecule has 0 aliphatic carbocycles. The minimum Gasteiger partial charge on any atom is -0.310 e. The van der Waals surface area contributed by atoms with E-state index < -0.39 is 0 Å². The second-order valence-electron chi connectivity index (χ2n) is 9.00. The van der Waals surface area contributed by atoms with E-state index in [2.05, 4.69) is 144 Å². The van der Waals surface area contributed by atoms with Crippen LogP contribution in [0.5, 0.6) is 0 Å². The smallest absolute Gasteiger partial charge is 0.0554 e. The van der Waals surface area contributed by atoms with Gasteiger partial charge in [0.15, 0.2) is 0 Å². The van der Waals surface area contributed by atoms with Gasteiger partial charge >= 0.3 is 0 Å². The third kappa shape index (κ3) is 3.46. The highest BCUT2D eigenvalue weighted by atomic mass is 32.1. The Morgan fingerprint density at radius 3 is 2.06 bits per heavy atom. The number of hydrogen-bond donors (Lipinski definition) is 0. The van der Waals surface area contributed by atoms with Crippen molar-refractivity contribution in [3.05, 3.63) is 140 Å². The maximum atomic E-state index is 2.40. The van der Waals surface area contributed by atoms with Crippen LogP contribution in [0, 0.1) is 0 Å². The van der Waals surface area contributed by atoms with Crippen molar-refractivity contribution in [2.24, 2.45) is 0 Å². The van der Waals surface area contributed by atoms with E-state index >= 15 is 0 Å². The summed E-state index contributed by atoms with van der Waals surface area (Å²) < 4.78 is 2.62. The van der Waals surface area contributed by atoms with Gasteiger partial charge in [0.05, 0.1) is 5.69 Å². The van der Waals surface area contributed by atoms with Crippen LogP contribution in [-0.4, -0.2) is 0 Å². The van der Waals surface area contributed by atoms with Crippen molar-refractivity contribution in [3.8, 4) is 11.1 Å². The molecular weight excluding hydrogens is 454 g/mol. The van der Waals surface area contributed by atoms with Crippen LogP contribution in [0.4, 0.5) is 17.1 Å². The minimum atomic E-state index is 1.15. The fourth-order valence-electron chi connectivity index (χ4n) is 5.24. The number of rotatable bonds is 4. The number of para-hydroxylation sites is 1. The number of fused-ring (bicyclic) bond motifs is 4. The van der Waals surface area contributed by atoms with Crippen LogP contribution in [0.25, 0.3) is 42.1 Å². The molecule has 6 aromatic carbocycles. The lowest BCUT2D eigenvalue weighted by Crippen LogP contribution is -2.10. The SMILES string of the molecule is c1ccc(N(c2cccc(-c3cccc4ccccc34)c2)c2cccc3sc4ccccc4c23)cc1. The fourth-order valence-corrected chi connectivity index (χ4v) is 6.36. The van der Waals surface area contributed by atoms with Gasteiger partial charge in [-0.3, -0.25) is 0 Å². The van der Waals surface area contributed by atoms with Gasteiger partial charge in [-0.1, -0.05) is 97.1 Å². The zero-order valence-corrected chi connectivity index (χ0v) is 20.5. The van der Waals surface area contributed by atoms with Crippen molar-refractivity contribution in [2.75, 3.05) is 4.90 Å². The molecule has 0 atom stereocenters. The average molecular weight is 478 g/mol. The lowest BCUT2D eigenvalue weighted by molar-refractivity contribution is 1.30. The largest absolute Gasteiger partial charge is 0.310 e. The zero-order valence-electron chi connectivity index (χ0n) is 19.6. The molecule has 0 unspecified atom stereocenters. The molecule has 36 heavy (non-hydrogen) atoms. The standard InChI is InChI=1S/C34H23NS/c1-2-14-26(15-3-1)35(31-20-10-22-33-34(31)30-18-6-7-21-32(30)36-33)27-16-8-13-25(23-27)29-19-9-12-24-11-4-5-17-28(24)29/h1-23H. The summed E-state index contributed by atoms with van der Waals surface area (Å²) in [6, 6.07) is 50.2. The first-order valence-electron chi connectivity index (χ1n) is 12.2. The zero-order chi connectivity index (χ0) is 23.9. The van der Waals surface area contributed by atoms with Crippen LogP contribution < -0.4 is 4.90 Å². The minimum absolute atomic E-state index is 1.15. The first-order chi connectivity index (χ1) is 17.9. The normalized spacial score (nSPS) is 11.3. The number of benzene rings is 6. The summed E-state index contributed by atoms with van der Waals surface area (Å²) in [7, 11) is 0. The van der Waals surface area contributed by atoms with Gasteiger partial charge in [-0.05, 0) is 64.4 Å². The van der Waals surface area contributed by atoms with E-state index in [-0.39, 0.29) is 0 Å². The summed E-state index contributed by atoms with van der Waals surface area (Å²) >= 11 is 1.86. The molecule has 0 saturated carbocycles. The number of anilines is 3.